The average Bonchev–Trinajstić information content (AvgIpc) is 3.14. The first kappa shape index (κ1) is 17.3. The number of nitrogens with zero attached hydrogens (tertiary/aromatic N) is 2. The molecule has 29 heavy (non-hydrogen) atoms. The van der Waals surface area contributed by atoms with Gasteiger partial charge in [0.25, 0.3) is 5.91 Å². The fraction of sp³-hybridized carbons (Fsp3) is 0.0870. The number of hydrogen-bond donors (Lipinski definition) is 1. The molecule has 1 atom stereocenters. The average molecular weight is 384 g/mol. The summed E-state index contributed by atoms with van der Waals surface area (Å²) in [5, 5.41) is 10.7. The number of esters is 1. The molecule has 142 valence electrons. The third kappa shape index (κ3) is 2.57. The lowest BCUT2D eigenvalue weighted by atomic mass is 9.98. The van der Waals surface area contributed by atoms with E-state index in [9.17, 15) is 14.7 Å². The Balaban J connectivity index is 1.57. The van der Waals surface area contributed by atoms with Gasteiger partial charge in [-0.1, -0.05) is 36.4 Å². The summed E-state index contributed by atoms with van der Waals surface area (Å²) >= 11 is 0. The van der Waals surface area contributed by atoms with Gasteiger partial charge in [0.1, 0.15) is 5.76 Å². The fourth-order valence-electron chi connectivity index (χ4n) is 3.77. The Kier molecular flexibility index (Phi) is 3.66. The van der Waals surface area contributed by atoms with Crippen molar-refractivity contribution < 1.29 is 19.4 Å². The predicted octanol–water partition coefficient (Wildman–Crippen LogP) is 3.64. The first-order chi connectivity index (χ1) is 14.0. The summed E-state index contributed by atoms with van der Waals surface area (Å²) in [7, 11) is 0. The van der Waals surface area contributed by atoms with Crippen LogP contribution in [0, 0.1) is 0 Å². The van der Waals surface area contributed by atoms with E-state index in [0.717, 1.165) is 0 Å². The second kappa shape index (κ2) is 6.12. The summed E-state index contributed by atoms with van der Waals surface area (Å²) in [6.07, 6.45) is 4.90. The van der Waals surface area contributed by atoms with Crippen LogP contribution in [0.25, 0.3) is 11.8 Å². The van der Waals surface area contributed by atoms with E-state index in [4.69, 9.17) is 4.74 Å². The molecule has 6 heteroatoms. The monoisotopic (exact) mass is 384 g/mol. The quantitative estimate of drug-likeness (QED) is 0.683. The predicted molar refractivity (Wildman–Crippen MR) is 107 cm³/mol. The minimum absolute atomic E-state index is 0.393. The lowest BCUT2D eigenvalue weighted by Gasteiger charge is -2.19. The van der Waals surface area contributed by atoms with E-state index in [0.29, 0.717) is 39.4 Å². The molecule has 0 spiro atoms. The number of hydrogen-bond acceptors (Lipinski definition) is 5. The van der Waals surface area contributed by atoms with Crippen LogP contribution in [-0.2, 0) is 15.1 Å². The number of carbonyl (C=O) groups is 2. The molecule has 0 aliphatic carbocycles. The minimum Gasteiger partial charge on any atom is -0.422 e. The van der Waals surface area contributed by atoms with Crippen molar-refractivity contribution in [3.63, 3.8) is 0 Å². The largest absolute Gasteiger partial charge is 0.422 e. The van der Waals surface area contributed by atoms with Crippen LogP contribution in [0.2, 0.25) is 0 Å². The van der Waals surface area contributed by atoms with Crippen molar-refractivity contribution in [2.75, 3.05) is 4.90 Å². The number of para-hydroxylation sites is 1. The summed E-state index contributed by atoms with van der Waals surface area (Å²) < 4.78 is 5.39. The second-order valence-corrected chi connectivity index (χ2v) is 7.15. The Morgan fingerprint density at radius 2 is 1.76 bits per heavy atom. The summed E-state index contributed by atoms with van der Waals surface area (Å²) in [5.74, 6) is -0.400. The highest BCUT2D eigenvalue weighted by molar-refractivity contribution is 6.12. The number of rotatable bonds is 2. The highest BCUT2D eigenvalue weighted by atomic mass is 16.5. The maximum Gasteiger partial charge on any atom is 0.344 e. The van der Waals surface area contributed by atoms with Crippen LogP contribution in [0.1, 0.15) is 34.0 Å². The molecule has 0 radical (unpaired) electrons. The van der Waals surface area contributed by atoms with E-state index in [-0.39, 0.29) is 0 Å². The van der Waals surface area contributed by atoms with Gasteiger partial charge in [-0.3, -0.25) is 14.7 Å². The molecule has 6 nitrogen and oxygen atoms in total. The van der Waals surface area contributed by atoms with Gasteiger partial charge in [-0.05, 0) is 36.8 Å². The molecule has 2 aliphatic heterocycles. The number of benzene rings is 2. The van der Waals surface area contributed by atoms with E-state index in [1.54, 1.807) is 54.9 Å². The summed E-state index contributed by atoms with van der Waals surface area (Å²) in [5.41, 5.74) is 1.98. The molecule has 3 heterocycles. The maximum atomic E-state index is 12.9. The van der Waals surface area contributed by atoms with Crippen molar-refractivity contribution in [3.05, 3.63) is 89.2 Å². The van der Waals surface area contributed by atoms with Crippen molar-refractivity contribution in [2.24, 2.45) is 0 Å². The van der Waals surface area contributed by atoms with Crippen LogP contribution in [0.3, 0.4) is 0 Å². The lowest BCUT2D eigenvalue weighted by molar-refractivity contribution is -0.133. The molecule has 0 fully saturated rings. The van der Waals surface area contributed by atoms with Gasteiger partial charge in [0.15, 0.2) is 5.60 Å². The molecule has 2 aliphatic rings. The third-order valence-electron chi connectivity index (χ3n) is 5.20. The lowest BCUT2D eigenvalue weighted by Crippen LogP contribution is -2.35. The fourth-order valence-corrected chi connectivity index (χ4v) is 3.77. The van der Waals surface area contributed by atoms with Gasteiger partial charge in [0.2, 0.25) is 0 Å². The van der Waals surface area contributed by atoms with E-state index in [1.165, 1.54) is 11.8 Å². The topological polar surface area (TPSA) is 79.7 Å². The number of carbonyl (C=O) groups excluding carboxylic acids is 2. The minimum atomic E-state index is -1.61. The number of cyclic esters (lactones) is 1. The zero-order chi connectivity index (χ0) is 20.2. The Hall–Kier alpha value is -3.77. The number of anilines is 2. The maximum absolute atomic E-state index is 12.9. The molecule has 0 saturated carbocycles. The van der Waals surface area contributed by atoms with Gasteiger partial charge >= 0.3 is 5.97 Å². The van der Waals surface area contributed by atoms with E-state index >= 15 is 0 Å². The Morgan fingerprint density at radius 3 is 2.59 bits per heavy atom. The molecular weight excluding hydrogens is 368 g/mol. The number of amides is 1. The third-order valence-corrected chi connectivity index (χ3v) is 5.20. The highest BCUT2D eigenvalue weighted by Crippen LogP contribution is 2.44. The van der Waals surface area contributed by atoms with E-state index in [1.807, 2.05) is 18.2 Å². The molecule has 1 aromatic heterocycles. The van der Waals surface area contributed by atoms with Crippen LogP contribution in [0.15, 0.2) is 67.0 Å². The molecular formula is C23H16N2O4. The second-order valence-electron chi connectivity index (χ2n) is 7.15. The zero-order valence-corrected chi connectivity index (χ0v) is 15.5. The molecule has 3 aromatic rings. The first-order valence-corrected chi connectivity index (χ1v) is 9.11. The van der Waals surface area contributed by atoms with Crippen LogP contribution < -0.4 is 4.90 Å². The first-order valence-electron chi connectivity index (χ1n) is 9.11. The molecule has 0 bridgehead atoms. The van der Waals surface area contributed by atoms with Crippen LogP contribution in [0.4, 0.5) is 11.4 Å². The Morgan fingerprint density at radius 1 is 1.03 bits per heavy atom. The van der Waals surface area contributed by atoms with Gasteiger partial charge in [-0.15, -0.1) is 0 Å². The van der Waals surface area contributed by atoms with Crippen molar-refractivity contribution in [1.29, 1.82) is 0 Å². The Labute approximate surface area is 166 Å². The smallest absolute Gasteiger partial charge is 0.344 e. The summed E-state index contributed by atoms with van der Waals surface area (Å²) in [6, 6.07) is 16.1. The van der Waals surface area contributed by atoms with Crippen LogP contribution >= 0.6 is 0 Å². The number of pyridine rings is 1. The van der Waals surface area contributed by atoms with Crippen LogP contribution in [-0.4, -0.2) is 22.0 Å². The van der Waals surface area contributed by atoms with Crippen molar-refractivity contribution in [2.45, 2.75) is 12.5 Å². The van der Waals surface area contributed by atoms with Gasteiger partial charge < -0.3 is 9.84 Å². The standard InChI is InChI=1S/C23H16N2O4/c1-23(28)18-8-4-5-9-19(18)25(22(23)27)15-10-14(12-24-13-15)11-20-16-6-2-3-7-17(16)21(26)29-20/h2-13,28H,1H3/b20-11-/t23-/m1/s1. The summed E-state index contributed by atoms with van der Waals surface area (Å²) in [6.45, 7) is 1.49. The number of aromatic nitrogens is 1. The van der Waals surface area contributed by atoms with Crippen molar-refractivity contribution in [1.82, 2.24) is 4.98 Å². The molecule has 0 saturated heterocycles. The van der Waals surface area contributed by atoms with Gasteiger partial charge in [-0.25, -0.2) is 4.79 Å². The zero-order valence-electron chi connectivity index (χ0n) is 15.5. The van der Waals surface area contributed by atoms with Crippen molar-refractivity contribution in [3.8, 4) is 0 Å². The Bertz CT molecular complexity index is 1210. The summed E-state index contributed by atoms with van der Waals surface area (Å²) in [4.78, 5) is 30.6. The number of aliphatic hydroxyl groups is 1. The van der Waals surface area contributed by atoms with Gasteiger partial charge in [-0.2, -0.15) is 0 Å². The number of fused-ring (bicyclic) bond motifs is 2. The molecule has 2 aromatic carbocycles. The molecule has 1 amide bonds. The van der Waals surface area contributed by atoms with Gasteiger partial charge in [0, 0.05) is 17.3 Å². The van der Waals surface area contributed by atoms with Gasteiger partial charge in [0.05, 0.1) is 23.1 Å². The van der Waals surface area contributed by atoms with E-state index < -0.39 is 17.5 Å². The van der Waals surface area contributed by atoms with Crippen LogP contribution in [0.5, 0.6) is 0 Å². The SMILES string of the molecule is C[C@]1(O)C(=O)N(c2cncc(/C=C3\OC(=O)c4ccccc43)c2)c2ccccc21. The number of ether oxygens (including phenoxy) is 1. The van der Waals surface area contributed by atoms with E-state index in [2.05, 4.69) is 4.98 Å². The van der Waals surface area contributed by atoms with Crippen molar-refractivity contribution >= 4 is 35.1 Å². The molecule has 1 N–H and O–H groups in total. The molecule has 0 unspecified atom stereocenters. The normalized spacial score (nSPS) is 21.3. The molecule has 5 rings (SSSR count). The highest BCUT2D eigenvalue weighted by Gasteiger charge is 2.46.